The molecule has 1 amide bonds. The Morgan fingerprint density at radius 3 is 2.57 bits per heavy atom. The summed E-state index contributed by atoms with van der Waals surface area (Å²) in [7, 11) is 1.85. The molecule has 0 aliphatic rings. The number of rotatable bonds is 3. The Bertz CT molecular complexity index is 866. The van der Waals surface area contributed by atoms with E-state index in [0.717, 1.165) is 28.0 Å². The van der Waals surface area contributed by atoms with Crippen molar-refractivity contribution in [3.63, 3.8) is 0 Å². The molecule has 1 N–H and O–H groups in total. The van der Waals surface area contributed by atoms with E-state index in [1.807, 2.05) is 64.2 Å². The van der Waals surface area contributed by atoms with Crippen LogP contribution in [0, 0.1) is 6.92 Å². The van der Waals surface area contributed by atoms with Gasteiger partial charge in [0.2, 0.25) is 0 Å². The van der Waals surface area contributed by atoms with Crippen LogP contribution in [0.15, 0.2) is 36.4 Å². The van der Waals surface area contributed by atoms with Crippen LogP contribution in [0.1, 0.15) is 29.9 Å². The summed E-state index contributed by atoms with van der Waals surface area (Å²) in [4.78, 5) is 17.3. The third-order valence-corrected chi connectivity index (χ3v) is 3.70. The van der Waals surface area contributed by atoms with Crippen LogP contribution < -0.4 is 5.32 Å². The zero-order valence-electron chi connectivity index (χ0n) is 13.8. The lowest BCUT2D eigenvalue weighted by Crippen LogP contribution is -2.30. The number of aryl methyl sites for hydroxylation is 2. The predicted molar refractivity (Wildman–Crippen MR) is 91.3 cm³/mol. The molecule has 1 aromatic carbocycles. The van der Waals surface area contributed by atoms with Crippen LogP contribution in [0.4, 0.5) is 0 Å². The lowest BCUT2D eigenvalue weighted by Gasteiger charge is -2.11. The van der Waals surface area contributed by atoms with E-state index >= 15 is 0 Å². The maximum Gasteiger partial charge on any atom is 0.252 e. The van der Waals surface area contributed by atoms with E-state index in [4.69, 9.17) is 4.98 Å². The number of fused-ring (bicyclic) bond motifs is 1. The Labute approximate surface area is 135 Å². The van der Waals surface area contributed by atoms with Crippen LogP contribution in [-0.2, 0) is 7.05 Å². The molecule has 0 unspecified atom stereocenters. The van der Waals surface area contributed by atoms with Crippen molar-refractivity contribution in [3.8, 4) is 11.3 Å². The molecule has 0 radical (unpaired) electrons. The fourth-order valence-electron chi connectivity index (χ4n) is 2.72. The quantitative estimate of drug-likeness (QED) is 0.809. The SMILES string of the molecule is Cc1nn(C)c2nc(-c3ccccc3)cc(C(=O)NC(C)C)c12. The van der Waals surface area contributed by atoms with Gasteiger partial charge < -0.3 is 5.32 Å². The van der Waals surface area contributed by atoms with Crippen LogP contribution in [-0.4, -0.2) is 26.7 Å². The van der Waals surface area contributed by atoms with Gasteiger partial charge in [-0.15, -0.1) is 0 Å². The molecule has 2 heterocycles. The zero-order chi connectivity index (χ0) is 16.6. The van der Waals surface area contributed by atoms with Gasteiger partial charge in [0.1, 0.15) is 0 Å². The Kier molecular flexibility index (Phi) is 3.86. The van der Waals surface area contributed by atoms with E-state index in [9.17, 15) is 4.79 Å². The first kappa shape index (κ1) is 15.2. The van der Waals surface area contributed by atoms with Crippen molar-refractivity contribution in [2.45, 2.75) is 26.8 Å². The van der Waals surface area contributed by atoms with Crippen LogP contribution in [0.25, 0.3) is 22.3 Å². The normalized spacial score (nSPS) is 11.2. The molecule has 0 bridgehead atoms. The first-order valence-corrected chi connectivity index (χ1v) is 7.68. The summed E-state index contributed by atoms with van der Waals surface area (Å²) in [6.07, 6.45) is 0. The van der Waals surface area contributed by atoms with Gasteiger partial charge in [0, 0.05) is 18.7 Å². The number of nitrogens with one attached hydrogen (secondary N) is 1. The molecule has 0 saturated carbocycles. The predicted octanol–water partition coefficient (Wildman–Crippen LogP) is 3.08. The first-order chi connectivity index (χ1) is 11.0. The Hall–Kier alpha value is -2.69. The van der Waals surface area contributed by atoms with Gasteiger partial charge in [-0.1, -0.05) is 30.3 Å². The second-order valence-corrected chi connectivity index (χ2v) is 5.96. The highest BCUT2D eigenvalue weighted by atomic mass is 16.1. The average Bonchev–Trinajstić information content (AvgIpc) is 2.81. The van der Waals surface area contributed by atoms with Gasteiger partial charge in [0.15, 0.2) is 5.65 Å². The summed E-state index contributed by atoms with van der Waals surface area (Å²) in [5.74, 6) is -0.0966. The minimum atomic E-state index is -0.0966. The van der Waals surface area contributed by atoms with Crippen molar-refractivity contribution in [2.75, 3.05) is 0 Å². The molecular weight excluding hydrogens is 288 g/mol. The van der Waals surface area contributed by atoms with E-state index in [0.29, 0.717) is 5.56 Å². The number of aromatic nitrogens is 3. The molecular formula is C18H20N4O. The maximum absolute atomic E-state index is 12.6. The minimum Gasteiger partial charge on any atom is -0.350 e. The van der Waals surface area contributed by atoms with Crippen LogP contribution >= 0.6 is 0 Å². The highest BCUT2D eigenvalue weighted by Crippen LogP contribution is 2.26. The van der Waals surface area contributed by atoms with Gasteiger partial charge in [-0.25, -0.2) is 4.98 Å². The minimum absolute atomic E-state index is 0.0721. The molecule has 3 aromatic rings. The summed E-state index contributed by atoms with van der Waals surface area (Å²) < 4.78 is 1.73. The third-order valence-electron chi connectivity index (χ3n) is 3.70. The van der Waals surface area contributed by atoms with Crippen molar-refractivity contribution in [1.82, 2.24) is 20.1 Å². The number of pyridine rings is 1. The standard InChI is InChI=1S/C18H20N4O/c1-11(2)19-18(23)14-10-15(13-8-6-5-7-9-13)20-17-16(14)12(3)21-22(17)4/h5-11H,1-4H3,(H,19,23). The smallest absolute Gasteiger partial charge is 0.252 e. The van der Waals surface area contributed by atoms with Gasteiger partial charge in [-0.2, -0.15) is 5.10 Å². The van der Waals surface area contributed by atoms with E-state index in [-0.39, 0.29) is 11.9 Å². The number of nitrogens with zero attached hydrogens (tertiary/aromatic N) is 3. The number of carbonyl (C=O) groups excluding carboxylic acids is 1. The fraction of sp³-hybridized carbons (Fsp3) is 0.278. The molecule has 0 aliphatic carbocycles. The summed E-state index contributed by atoms with van der Waals surface area (Å²) in [6.45, 7) is 5.80. The number of hydrogen-bond donors (Lipinski definition) is 1. The Balaban J connectivity index is 2.25. The van der Waals surface area contributed by atoms with Crippen molar-refractivity contribution in [3.05, 3.63) is 47.7 Å². The van der Waals surface area contributed by atoms with Crippen molar-refractivity contribution in [2.24, 2.45) is 7.05 Å². The fourth-order valence-corrected chi connectivity index (χ4v) is 2.72. The van der Waals surface area contributed by atoms with E-state index in [1.165, 1.54) is 0 Å². The van der Waals surface area contributed by atoms with Gasteiger partial charge in [0.25, 0.3) is 5.91 Å². The van der Waals surface area contributed by atoms with Gasteiger partial charge >= 0.3 is 0 Å². The van der Waals surface area contributed by atoms with Crippen LogP contribution in [0.3, 0.4) is 0 Å². The van der Waals surface area contributed by atoms with E-state index < -0.39 is 0 Å². The maximum atomic E-state index is 12.6. The lowest BCUT2D eigenvalue weighted by atomic mass is 10.0. The van der Waals surface area contributed by atoms with Crippen molar-refractivity contribution in [1.29, 1.82) is 0 Å². The summed E-state index contributed by atoms with van der Waals surface area (Å²) in [5.41, 5.74) is 3.90. The van der Waals surface area contributed by atoms with Gasteiger partial charge in [-0.3, -0.25) is 9.48 Å². The number of amides is 1. The van der Waals surface area contributed by atoms with Crippen LogP contribution in [0.2, 0.25) is 0 Å². The topological polar surface area (TPSA) is 59.8 Å². The Morgan fingerprint density at radius 2 is 1.91 bits per heavy atom. The molecule has 0 fully saturated rings. The molecule has 3 rings (SSSR count). The summed E-state index contributed by atoms with van der Waals surface area (Å²) in [6, 6.07) is 11.8. The number of carbonyl (C=O) groups is 1. The largest absolute Gasteiger partial charge is 0.350 e. The van der Waals surface area contributed by atoms with Crippen molar-refractivity contribution < 1.29 is 4.79 Å². The first-order valence-electron chi connectivity index (χ1n) is 7.68. The Morgan fingerprint density at radius 1 is 1.22 bits per heavy atom. The lowest BCUT2D eigenvalue weighted by molar-refractivity contribution is 0.0944. The second kappa shape index (κ2) is 5.83. The zero-order valence-corrected chi connectivity index (χ0v) is 13.8. The second-order valence-electron chi connectivity index (χ2n) is 5.96. The average molecular weight is 308 g/mol. The van der Waals surface area contributed by atoms with Crippen LogP contribution in [0.5, 0.6) is 0 Å². The highest BCUT2D eigenvalue weighted by Gasteiger charge is 2.19. The molecule has 0 aliphatic heterocycles. The molecule has 0 spiro atoms. The van der Waals surface area contributed by atoms with Gasteiger partial charge in [0.05, 0.1) is 22.3 Å². The number of benzene rings is 1. The number of hydrogen-bond acceptors (Lipinski definition) is 3. The van der Waals surface area contributed by atoms with E-state index in [1.54, 1.807) is 4.68 Å². The highest BCUT2D eigenvalue weighted by molar-refractivity contribution is 6.07. The monoisotopic (exact) mass is 308 g/mol. The molecule has 0 atom stereocenters. The molecule has 0 saturated heterocycles. The molecule has 23 heavy (non-hydrogen) atoms. The molecule has 5 nitrogen and oxygen atoms in total. The van der Waals surface area contributed by atoms with Crippen molar-refractivity contribution >= 4 is 16.9 Å². The molecule has 118 valence electrons. The summed E-state index contributed by atoms with van der Waals surface area (Å²) in [5, 5.41) is 8.19. The summed E-state index contributed by atoms with van der Waals surface area (Å²) >= 11 is 0. The van der Waals surface area contributed by atoms with E-state index in [2.05, 4.69) is 10.4 Å². The molecule has 5 heteroatoms. The van der Waals surface area contributed by atoms with Gasteiger partial charge in [-0.05, 0) is 26.8 Å². The molecule has 2 aromatic heterocycles. The third kappa shape index (κ3) is 2.82.